The van der Waals surface area contributed by atoms with Crippen molar-refractivity contribution in [2.45, 2.75) is 25.0 Å². The van der Waals surface area contributed by atoms with E-state index in [2.05, 4.69) is 4.98 Å². The van der Waals surface area contributed by atoms with Crippen LogP contribution < -0.4 is 0 Å². The van der Waals surface area contributed by atoms with Gasteiger partial charge in [-0.3, -0.25) is 0 Å². The Morgan fingerprint density at radius 1 is 1.35 bits per heavy atom. The van der Waals surface area contributed by atoms with Crippen molar-refractivity contribution >= 4 is 10.0 Å². The lowest BCUT2D eigenvalue weighted by atomic mass is 10.1. The maximum absolute atomic E-state index is 11.5. The second-order valence-electron chi connectivity index (χ2n) is 4.38. The zero-order valence-corrected chi connectivity index (χ0v) is 10.5. The number of hydrogen-bond acceptors (Lipinski definition) is 4. The predicted octanol–water partition coefficient (Wildman–Crippen LogP) is -0.160. The third-order valence-corrected chi connectivity index (χ3v) is 4.47. The Balaban J connectivity index is 2.13. The molecule has 0 bridgehead atoms. The van der Waals surface area contributed by atoms with E-state index in [1.165, 1.54) is 10.6 Å². The summed E-state index contributed by atoms with van der Waals surface area (Å²) in [7, 11) is -3.17. The van der Waals surface area contributed by atoms with Crippen molar-refractivity contribution in [3.8, 4) is 0 Å². The predicted molar refractivity (Wildman–Crippen MR) is 62.9 cm³/mol. The minimum atomic E-state index is -3.17. The number of aromatic nitrogens is 2. The van der Waals surface area contributed by atoms with Gasteiger partial charge >= 0.3 is 0 Å². The zero-order chi connectivity index (χ0) is 12.5. The minimum absolute atomic E-state index is 0.0933. The molecule has 1 aliphatic heterocycles. The number of aliphatic hydroxyl groups is 1. The van der Waals surface area contributed by atoms with Crippen LogP contribution in [0.4, 0.5) is 0 Å². The Morgan fingerprint density at radius 3 is 2.65 bits per heavy atom. The summed E-state index contributed by atoms with van der Waals surface area (Å²) in [4.78, 5) is 3.95. The molecule has 17 heavy (non-hydrogen) atoms. The van der Waals surface area contributed by atoms with Crippen LogP contribution in [-0.2, 0) is 10.0 Å². The van der Waals surface area contributed by atoms with Crippen molar-refractivity contribution in [1.82, 2.24) is 13.9 Å². The van der Waals surface area contributed by atoms with Crippen molar-refractivity contribution < 1.29 is 13.5 Å². The molecule has 0 aliphatic carbocycles. The van der Waals surface area contributed by atoms with Gasteiger partial charge in [0.15, 0.2) is 0 Å². The van der Waals surface area contributed by atoms with E-state index in [9.17, 15) is 13.5 Å². The maximum Gasteiger partial charge on any atom is 0.211 e. The molecule has 0 spiro atoms. The largest absolute Gasteiger partial charge is 0.391 e. The molecule has 1 aromatic heterocycles. The van der Waals surface area contributed by atoms with Crippen LogP contribution in [0.5, 0.6) is 0 Å². The first-order valence-electron chi connectivity index (χ1n) is 5.59. The third kappa shape index (κ3) is 2.85. The van der Waals surface area contributed by atoms with E-state index in [0.717, 1.165) is 0 Å². The standard InChI is InChI=1S/C10H17N3O3S/c1-17(15,16)13-5-2-9(10(14)3-6-13)12-7-4-11-8-12/h4,7-10,14H,2-3,5-6H2,1H3/t9-,10-/m0/s1. The van der Waals surface area contributed by atoms with Crippen molar-refractivity contribution in [1.29, 1.82) is 0 Å². The summed E-state index contributed by atoms with van der Waals surface area (Å²) in [6.07, 6.45) is 6.84. The van der Waals surface area contributed by atoms with Gasteiger partial charge < -0.3 is 9.67 Å². The molecule has 0 aromatic carbocycles. The first-order valence-corrected chi connectivity index (χ1v) is 7.44. The number of nitrogens with zero attached hydrogens (tertiary/aromatic N) is 3. The van der Waals surface area contributed by atoms with Gasteiger partial charge in [-0.25, -0.2) is 17.7 Å². The van der Waals surface area contributed by atoms with Gasteiger partial charge in [-0.05, 0) is 12.8 Å². The van der Waals surface area contributed by atoms with E-state index in [1.807, 2.05) is 4.57 Å². The lowest BCUT2D eigenvalue weighted by Crippen LogP contribution is -2.31. The fraction of sp³-hybridized carbons (Fsp3) is 0.700. The van der Waals surface area contributed by atoms with Crippen LogP contribution in [0.1, 0.15) is 18.9 Å². The summed E-state index contributed by atoms with van der Waals surface area (Å²) in [6, 6.07) is -0.0933. The van der Waals surface area contributed by atoms with Crippen molar-refractivity contribution in [2.75, 3.05) is 19.3 Å². The molecular formula is C10H17N3O3S. The Hall–Kier alpha value is -0.920. The minimum Gasteiger partial charge on any atom is -0.391 e. The topological polar surface area (TPSA) is 75.4 Å². The normalized spacial score (nSPS) is 27.9. The van der Waals surface area contributed by atoms with Gasteiger partial charge in [0.05, 0.1) is 24.7 Å². The smallest absolute Gasteiger partial charge is 0.211 e. The molecule has 6 nitrogen and oxygen atoms in total. The van der Waals surface area contributed by atoms with Gasteiger partial charge in [0, 0.05) is 25.5 Å². The Kier molecular flexibility index (Phi) is 3.50. The van der Waals surface area contributed by atoms with Crippen LogP contribution >= 0.6 is 0 Å². The summed E-state index contributed by atoms with van der Waals surface area (Å²) in [5.41, 5.74) is 0. The second-order valence-corrected chi connectivity index (χ2v) is 6.37. The molecule has 0 radical (unpaired) electrons. The summed E-state index contributed by atoms with van der Waals surface area (Å²) < 4.78 is 26.2. The van der Waals surface area contributed by atoms with E-state index in [0.29, 0.717) is 25.9 Å². The van der Waals surface area contributed by atoms with Gasteiger partial charge in [-0.2, -0.15) is 0 Å². The second kappa shape index (κ2) is 4.75. The van der Waals surface area contributed by atoms with Crippen LogP contribution in [0.25, 0.3) is 0 Å². The van der Waals surface area contributed by atoms with E-state index in [-0.39, 0.29) is 6.04 Å². The Morgan fingerprint density at radius 2 is 2.06 bits per heavy atom. The summed E-state index contributed by atoms with van der Waals surface area (Å²) in [5, 5.41) is 10.0. The van der Waals surface area contributed by atoms with Crippen LogP contribution in [-0.4, -0.2) is 52.8 Å². The summed E-state index contributed by atoms with van der Waals surface area (Å²) in [6.45, 7) is 0.823. The van der Waals surface area contributed by atoms with Crippen molar-refractivity contribution in [3.63, 3.8) is 0 Å². The number of hydrogen-bond donors (Lipinski definition) is 1. The number of sulfonamides is 1. The molecule has 2 atom stereocenters. The highest BCUT2D eigenvalue weighted by Gasteiger charge is 2.29. The third-order valence-electron chi connectivity index (χ3n) is 3.17. The molecule has 0 amide bonds. The van der Waals surface area contributed by atoms with E-state index in [4.69, 9.17) is 0 Å². The Labute approximate surface area is 101 Å². The molecule has 1 aliphatic rings. The average Bonchev–Trinajstić information content (AvgIpc) is 2.67. The quantitative estimate of drug-likeness (QED) is 0.801. The van der Waals surface area contributed by atoms with Gasteiger partial charge in [-0.1, -0.05) is 0 Å². The van der Waals surface area contributed by atoms with Gasteiger partial charge in [0.1, 0.15) is 0 Å². The molecule has 7 heteroatoms. The molecule has 96 valence electrons. The molecule has 2 heterocycles. The highest BCUT2D eigenvalue weighted by molar-refractivity contribution is 7.88. The van der Waals surface area contributed by atoms with Gasteiger partial charge in [0.2, 0.25) is 10.0 Å². The fourth-order valence-corrected chi connectivity index (χ4v) is 3.07. The molecular weight excluding hydrogens is 242 g/mol. The lowest BCUT2D eigenvalue weighted by Gasteiger charge is -2.20. The maximum atomic E-state index is 11.5. The Bertz CT molecular complexity index is 457. The van der Waals surface area contributed by atoms with E-state index < -0.39 is 16.1 Å². The number of imidazole rings is 1. The van der Waals surface area contributed by atoms with E-state index in [1.54, 1.807) is 18.7 Å². The molecule has 1 aromatic rings. The van der Waals surface area contributed by atoms with Crippen molar-refractivity contribution in [2.24, 2.45) is 0 Å². The van der Waals surface area contributed by atoms with Crippen LogP contribution in [0, 0.1) is 0 Å². The highest BCUT2D eigenvalue weighted by Crippen LogP contribution is 2.23. The van der Waals surface area contributed by atoms with Crippen molar-refractivity contribution in [3.05, 3.63) is 18.7 Å². The zero-order valence-electron chi connectivity index (χ0n) is 9.73. The van der Waals surface area contributed by atoms with Crippen LogP contribution in [0.15, 0.2) is 18.7 Å². The lowest BCUT2D eigenvalue weighted by molar-refractivity contribution is 0.108. The molecule has 0 unspecified atom stereocenters. The highest BCUT2D eigenvalue weighted by atomic mass is 32.2. The number of aliphatic hydroxyl groups excluding tert-OH is 1. The van der Waals surface area contributed by atoms with Gasteiger partial charge in [-0.15, -0.1) is 0 Å². The summed E-state index contributed by atoms with van der Waals surface area (Å²) in [5.74, 6) is 0. The molecule has 1 saturated heterocycles. The van der Waals surface area contributed by atoms with Crippen LogP contribution in [0.2, 0.25) is 0 Å². The fourth-order valence-electron chi connectivity index (χ4n) is 2.19. The monoisotopic (exact) mass is 259 g/mol. The van der Waals surface area contributed by atoms with Crippen LogP contribution in [0.3, 0.4) is 0 Å². The molecule has 2 rings (SSSR count). The number of rotatable bonds is 2. The first-order chi connectivity index (χ1) is 7.98. The van der Waals surface area contributed by atoms with E-state index >= 15 is 0 Å². The average molecular weight is 259 g/mol. The molecule has 1 fully saturated rings. The summed E-state index contributed by atoms with van der Waals surface area (Å²) >= 11 is 0. The molecule has 1 N–H and O–H groups in total. The first kappa shape index (κ1) is 12.5. The molecule has 0 saturated carbocycles. The van der Waals surface area contributed by atoms with Gasteiger partial charge in [0.25, 0.3) is 0 Å². The SMILES string of the molecule is CS(=O)(=O)N1CC[C@H](O)[C@@H](n2ccnc2)CC1.